The topological polar surface area (TPSA) is 89.5 Å². The summed E-state index contributed by atoms with van der Waals surface area (Å²) in [4.78, 5) is 31.5. The van der Waals surface area contributed by atoms with Gasteiger partial charge in [-0.05, 0) is 30.2 Å². The van der Waals surface area contributed by atoms with E-state index in [1.54, 1.807) is 11.0 Å². The Balaban J connectivity index is 1.34. The fraction of sp³-hybridized carbons (Fsp3) is 0.286. The second-order valence-corrected chi connectivity index (χ2v) is 6.65. The molecule has 0 aliphatic carbocycles. The SMILES string of the molecule is CCCN1C(=O)/C(=N/OCC(=O)NCc2ccc3c(c2)OCO3)c2ccccc21. The van der Waals surface area contributed by atoms with Crippen molar-refractivity contribution < 1.29 is 23.9 Å². The van der Waals surface area contributed by atoms with Crippen molar-refractivity contribution >= 4 is 23.2 Å². The van der Waals surface area contributed by atoms with Crippen molar-refractivity contribution in [3.05, 3.63) is 53.6 Å². The van der Waals surface area contributed by atoms with E-state index in [0.717, 1.165) is 17.7 Å². The molecule has 0 unspecified atom stereocenters. The van der Waals surface area contributed by atoms with Crippen LogP contribution in [-0.2, 0) is 21.0 Å². The van der Waals surface area contributed by atoms with Gasteiger partial charge >= 0.3 is 0 Å². The number of carbonyl (C=O) groups is 2. The molecule has 2 aromatic carbocycles. The summed E-state index contributed by atoms with van der Waals surface area (Å²) in [6, 6.07) is 12.9. The Kier molecular flexibility index (Phi) is 5.33. The van der Waals surface area contributed by atoms with Crippen molar-refractivity contribution in [2.24, 2.45) is 5.16 Å². The molecule has 2 aliphatic heterocycles. The molecular weight excluding hydrogens is 374 g/mol. The molecule has 2 amide bonds. The minimum Gasteiger partial charge on any atom is -0.454 e. The number of nitrogens with zero attached hydrogens (tertiary/aromatic N) is 2. The van der Waals surface area contributed by atoms with Crippen LogP contribution in [0.15, 0.2) is 47.6 Å². The largest absolute Gasteiger partial charge is 0.454 e. The maximum Gasteiger partial charge on any atom is 0.281 e. The summed E-state index contributed by atoms with van der Waals surface area (Å²) in [5.41, 5.74) is 2.63. The number of ether oxygens (including phenoxy) is 2. The van der Waals surface area contributed by atoms with Crippen molar-refractivity contribution in [2.45, 2.75) is 19.9 Å². The highest BCUT2D eigenvalue weighted by Gasteiger charge is 2.33. The standard InChI is InChI=1S/C21H21N3O5/c1-2-9-24-16-6-4-3-5-15(16)20(21(24)26)23-29-12-19(25)22-11-14-7-8-17-18(10-14)28-13-27-17/h3-8,10H,2,9,11-13H2,1H3,(H,22,25)/b23-20+. The molecule has 0 saturated heterocycles. The fourth-order valence-electron chi connectivity index (χ4n) is 3.25. The van der Waals surface area contributed by atoms with Crippen LogP contribution in [0.25, 0.3) is 0 Å². The number of carbonyl (C=O) groups excluding carboxylic acids is 2. The number of fused-ring (bicyclic) bond motifs is 2. The van der Waals surface area contributed by atoms with E-state index in [0.29, 0.717) is 30.2 Å². The molecule has 0 aromatic heterocycles. The number of hydrogen-bond donors (Lipinski definition) is 1. The second kappa shape index (κ2) is 8.22. The predicted octanol–water partition coefficient (Wildman–Crippen LogP) is 2.21. The highest BCUT2D eigenvalue weighted by Crippen LogP contribution is 2.32. The number of benzene rings is 2. The van der Waals surface area contributed by atoms with Gasteiger partial charge in [0, 0.05) is 18.7 Å². The zero-order valence-electron chi connectivity index (χ0n) is 16.0. The predicted molar refractivity (Wildman–Crippen MR) is 106 cm³/mol. The van der Waals surface area contributed by atoms with Crippen LogP contribution in [0, 0.1) is 0 Å². The number of hydrogen-bond acceptors (Lipinski definition) is 6. The molecule has 150 valence electrons. The van der Waals surface area contributed by atoms with Gasteiger partial charge in [0.05, 0.1) is 5.69 Å². The monoisotopic (exact) mass is 395 g/mol. The summed E-state index contributed by atoms with van der Waals surface area (Å²) < 4.78 is 10.6. The smallest absolute Gasteiger partial charge is 0.281 e. The molecule has 8 heteroatoms. The third-order valence-corrected chi connectivity index (χ3v) is 4.62. The second-order valence-electron chi connectivity index (χ2n) is 6.65. The number of rotatable bonds is 7. The van der Waals surface area contributed by atoms with E-state index >= 15 is 0 Å². The summed E-state index contributed by atoms with van der Waals surface area (Å²) in [5, 5.41) is 6.70. The lowest BCUT2D eigenvalue weighted by Crippen LogP contribution is -2.31. The molecule has 4 rings (SSSR count). The first-order valence-electron chi connectivity index (χ1n) is 9.44. The summed E-state index contributed by atoms with van der Waals surface area (Å²) in [7, 11) is 0. The molecule has 0 bridgehead atoms. The zero-order valence-corrected chi connectivity index (χ0v) is 16.0. The summed E-state index contributed by atoms with van der Waals surface area (Å²) >= 11 is 0. The maximum atomic E-state index is 12.6. The van der Waals surface area contributed by atoms with Gasteiger partial charge in [-0.3, -0.25) is 9.59 Å². The normalized spacial score (nSPS) is 15.6. The van der Waals surface area contributed by atoms with Crippen LogP contribution in [0.4, 0.5) is 5.69 Å². The highest BCUT2D eigenvalue weighted by molar-refractivity contribution is 6.54. The van der Waals surface area contributed by atoms with Crippen LogP contribution in [0.3, 0.4) is 0 Å². The van der Waals surface area contributed by atoms with Crippen molar-refractivity contribution in [3.63, 3.8) is 0 Å². The van der Waals surface area contributed by atoms with Crippen LogP contribution in [0.5, 0.6) is 11.5 Å². The number of para-hydroxylation sites is 1. The number of amides is 2. The van der Waals surface area contributed by atoms with Crippen molar-refractivity contribution in [1.29, 1.82) is 0 Å². The van der Waals surface area contributed by atoms with E-state index in [1.165, 1.54) is 0 Å². The minimum atomic E-state index is -0.337. The molecule has 8 nitrogen and oxygen atoms in total. The third-order valence-electron chi connectivity index (χ3n) is 4.62. The van der Waals surface area contributed by atoms with Gasteiger partial charge in [-0.2, -0.15) is 0 Å². The first-order chi connectivity index (χ1) is 14.2. The van der Waals surface area contributed by atoms with Gasteiger partial charge in [0.15, 0.2) is 23.8 Å². The van der Waals surface area contributed by atoms with Gasteiger partial charge < -0.3 is 24.5 Å². The van der Waals surface area contributed by atoms with E-state index in [2.05, 4.69) is 10.5 Å². The Morgan fingerprint density at radius 1 is 1.21 bits per heavy atom. The maximum absolute atomic E-state index is 12.6. The Hall–Kier alpha value is -3.55. The molecule has 0 spiro atoms. The van der Waals surface area contributed by atoms with E-state index in [1.807, 2.05) is 43.3 Å². The van der Waals surface area contributed by atoms with Crippen molar-refractivity contribution in [1.82, 2.24) is 5.32 Å². The summed E-state index contributed by atoms with van der Waals surface area (Å²) in [6.45, 7) is 2.85. The Morgan fingerprint density at radius 3 is 2.90 bits per heavy atom. The van der Waals surface area contributed by atoms with Crippen LogP contribution in [0.1, 0.15) is 24.5 Å². The fourth-order valence-corrected chi connectivity index (χ4v) is 3.25. The average Bonchev–Trinajstić information content (AvgIpc) is 3.30. The van der Waals surface area contributed by atoms with Gasteiger partial charge in [0.1, 0.15) is 0 Å². The molecule has 2 aromatic rings. The first-order valence-corrected chi connectivity index (χ1v) is 9.44. The van der Waals surface area contributed by atoms with Crippen LogP contribution < -0.4 is 19.7 Å². The van der Waals surface area contributed by atoms with Gasteiger partial charge in [-0.25, -0.2) is 0 Å². The minimum absolute atomic E-state index is 0.205. The molecule has 0 saturated carbocycles. The number of nitrogens with one attached hydrogen (secondary N) is 1. The average molecular weight is 395 g/mol. The van der Waals surface area contributed by atoms with Crippen LogP contribution in [-0.4, -0.2) is 37.5 Å². The Morgan fingerprint density at radius 2 is 2.03 bits per heavy atom. The lowest BCUT2D eigenvalue weighted by Gasteiger charge is -2.14. The highest BCUT2D eigenvalue weighted by atomic mass is 16.7. The third kappa shape index (κ3) is 3.87. The molecule has 0 radical (unpaired) electrons. The molecule has 0 atom stereocenters. The first kappa shape index (κ1) is 18.8. The Bertz CT molecular complexity index is 973. The number of anilines is 1. The van der Waals surface area contributed by atoms with Crippen LogP contribution in [0.2, 0.25) is 0 Å². The van der Waals surface area contributed by atoms with Crippen LogP contribution >= 0.6 is 0 Å². The summed E-state index contributed by atoms with van der Waals surface area (Å²) in [5.74, 6) is 0.803. The number of oxime groups is 1. The van der Waals surface area contributed by atoms with Gasteiger partial charge in [0.2, 0.25) is 6.79 Å². The van der Waals surface area contributed by atoms with Gasteiger partial charge in [-0.1, -0.05) is 36.3 Å². The lowest BCUT2D eigenvalue weighted by molar-refractivity contribution is -0.126. The van der Waals surface area contributed by atoms with Gasteiger partial charge in [0.25, 0.3) is 11.8 Å². The molecule has 0 fully saturated rings. The molecule has 29 heavy (non-hydrogen) atoms. The Labute approximate surface area is 168 Å². The van der Waals surface area contributed by atoms with E-state index in [4.69, 9.17) is 14.3 Å². The van der Waals surface area contributed by atoms with Gasteiger partial charge in [-0.15, -0.1) is 0 Å². The molecule has 2 heterocycles. The lowest BCUT2D eigenvalue weighted by atomic mass is 10.1. The van der Waals surface area contributed by atoms with Crippen molar-refractivity contribution in [2.75, 3.05) is 24.8 Å². The molecule has 2 aliphatic rings. The summed E-state index contributed by atoms with van der Waals surface area (Å²) in [6.07, 6.45) is 0.830. The molecular formula is C21H21N3O5. The van der Waals surface area contributed by atoms with E-state index in [-0.39, 0.29) is 30.9 Å². The van der Waals surface area contributed by atoms with E-state index < -0.39 is 0 Å². The quantitative estimate of drug-likeness (QED) is 0.726. The van der Waals surface area contributed by atoms with E-state index in [9.17, 15) is 9.59 Å². The molecule has 1 N–H and O–H groups in total. The van der Waals surface area contributed by atoms with Crippen molar-refractivity contribution in [3.8, 4) is 11.5 Å². The zero-order chi connectivity index (χ0) is 20.2.